The Morgan fingerprint density at radius 3 is 2.68 bits per heavy atom. The van der Waals surface area contributed by atoms with E-state index in [2.05, 4.69) is 43.2 Å². The lowest BCUT2D eigenvalue weighted by molar-refractivity contribution is 0.287. The van der Waals surface area contributed by atoms with E-state index >= 15 is 0 Å². The number of nitrogens with one attached hydrogen (secondary N) is 1. The third kappa shape index (κ3) is 3.80. The SMILES string of the molecule is CCc1ccccc1Nc1nc(N)nc(COc2ncnc3ccccc23)n1. The predicted molar refractivity (Wildman–Crippen MR) is 107 cm³/mol. The number of para-hydroxylation sites is 2. The Bertz CT molecular complexity index is 1110. The van der Waals surface area contributed by atoms with Crippen LogP contribution in [0.15, 0.2) is 54.9 Å². The van der Waals surface area contributed by atoms with E-state index in [1.807, 2.05) is 42.5 Å². The molecule has 3 N–H and O–H groups in total. The van der Waals surface area contributed by atoms with Crippen molar-refractivity contribution in [2.75, 3.05) is 11.1 Å². The maximum Gasteiger partial charge on any atom is 0.232 e. The second-order valence-electron chi connectivity index (χ2n) is 6.05. The summed E-state index contributed by atoms with van der Waals surface area (Å²) in [7, 11) is 0. The van der Waals surface area contributed by atoms with E-state index < -0.39 is 0 Å². The van der Waals surface area contributed by atoms with E-state index in [0.717, 1.165) is 28.6 Å². The van der Waals surface area contributed by atoms with Crippen molar-refractivity contribution in [2.24, 2.45) is 0 Å². The zero-order valence-electron chi connectivity index (χ0n) is 15.3. The summed E-state index contributed by atoms with van der Waals surface area (Å²) in [5, 5.41) is 4.03. The number of nitrogen functional groups attached to an aromatic ring is 1. The molecule has 0 bridgehead atoms. The molecule has 8 heteroatoms. The third-order valence-electron chi connectivity index (χ3n) is 4.19. The van der Waals surface area contributed by atoms with Crippen molar-refractivity contribution in [1.82, 2.24) is 24.9 Å². The summed E-state index contributed by atoms with van der Waals surface area (Å²) in [6.45, 7) is 2.20. The molecule has 0 unspecified atom stereocenters. The molecule has 0 aliphatic heterocycles. The molecule has 4 aromatic rings. The lowest BCUT2D eigenvalue weighted by Gasteiger charge is -2.11. The summed E-state index contributed by atoms with van der Waals surface area (Å²) in [5.74, 6) is 1.37. The van der Waals surface area contributed by atoms with Crippen LogP contribution < -0.4 is 15.8 Å². The fourth-order valence-corrected chi connectivity index (χ4v) is 2.86. The standard InChI is InChI=1S/C20H19N7O/c1-2-13-7-3-5-9-15(13)24-20-26-17(25-19(21)27-20)11-28-18-14-8-4-6-10-16(14)22-12-23-18/h3-10,12H,2,11H2,1H3,(H3,21,24,25,26,27). The van der Waals surface area contributed by atoms with E-state index in [9.17, 15) is 0 Å². The van der Waals surface area contributed by atoms with Gasteiger partial charge in [0.05, 0.1) is 10.9 Å². The second kappa shape index (κ2) is 7.83. The molecule has 2 heterocycles. The first-order chi connectivity index (χ1) is 13.7. The highest BCUT2D eigenvalue weighted by atomic mass is 16.5. The molecule has 140 valence electrons. The quantitative estimate of drug-likeness (QED) is 0.529. The number of hydrogen-bond acceptors (Lipinski definition) is 8. The fourth-order valence-electron chi connectivity index (χ4n) is 2.86. The van der Waals surface area contributed by atoms with Crippen LogP contribution in [0.25, 0.3) is 10.9 Å². The number of aryl methyl sites for hydroxylation is 1. The first-order valence-electron chi connectivity index (χ1n) is 8.91. The Balaban J connectivity index is 1.55. The van der Waals surface area contributed by atoms with Crippen LogP contribution in [0.2, 0.25) is 0 Å². The Morgan fingerprint density at radius 1 is 0.964 bits per heavy atom. The van der Waals surface area contributed by atoms with Gasteiger partial charge in [0.1, 0.15) is 12.9 Å². The van der Waals surface area contributed by atoms with Gasteiger partial charge in [-0.15, -0.1) is 0 Å². The molecule has 0 atom stereocenters. The lowest BCUT2D eigenvalue weighted by Crippen LogP contribution is -2.10. The van der Waals surface area contributed by atoms with Gasteiger partial charge in [-0.25, -0.2) is 9.97 Å². The monoisotopic (exact) mass is 373 g/mol. The maximum absolute atomic E-state index is 5.86. The van der Waals surface area contributed by atoms with E-state index in [4.69, 9.17) is 10.5 Å². The molecule has 2 aromatic heterocycles. The van der Waals surface area contributed by atoms with Crippen LogP contribution in [0.5, 0.6) is 5.88 Å². The van der Waals surface area contributed by atoms with E-state index in [-0.39, 0.29) is 12.6 Å². The molecule has 0 saturated heterocycles. The van der Waals surface area contributed by atoms with Crippen LogP contribution in [-0.2, 0) is 13.0 Å². The van der Waals surface area contributed by atoms with Crippen molar-refractivity contribution in [3.05, 3.63) is 66.2 Å². The zero-order valence-corrected chi connectivity index (χ0v) is 15.3. The van der Waals surface area contributed by atoms with E-state index in [1.165, 1.54) is 6.33 Å². The van der Waals surface area contributed by atoms with Crippen molar-refractivity contribution in [3.8, 4) is 5.88 Å². The van der Waals surface area contributed by atoms with Crippen molar-refractivity contribution in [1.29, 1.82) is 0 Å². The van der Waals surface area contributed by atoms with Gasteiger partial charge in [-0.05, 0) is 30.2 Å². The number of fused-ring (bicyclic) bond motifs is 1. The average Bonchev–Trinajstić information content (AvgIpc) is 2.72. The predicted octanol–water partition coefficient (Wildman–Crippen LogP) is 3.28. The molecule has 0 saturated carbocycles. The normalized spacial score (nSPS) is 10.8. The highest BCUT2D eigenvalue weighted by molar-refractivity contribution is 5.82. The Labute approximate surface area is 161 Å². The minimum atomic E-state index is 0.109. The van der Waals surface area contributed by atoms with Gasteiger partial charge in [-0.1, -0.05) is 37.3 Å². The first kappa shape index (κ1) is 17.6. The van der Waals surface area contributed by atoms with Gasteiger partial charge in [-0.3, -0.25) is 0 Å². The summed E-state index contributed by atoms with van der Waals surface area (Å²) >= 11 is 0. The van der Waals surface area contributed by atoms with Crippen LogP contribution in [0.3, 0.4) is 0 Å². The van der Waals surface area contributed by atoms with Crippen LogP contribution in [0.4, 0.5) is 17.6 Å². The van der Waals surface area contributed by atoms with Crippen LogP contribution >= 0.6 is 0 Å². The molecule has 0 fully saturated rings. The van der Waals surface area contributed by atoms with Crippen molar-refractivity contribution < 1.29 is 4.74 Å². The van der Waals surface area contributed by atoms with Gasteiger partial charge in [0.25, 0.3) is 0 Å². The molecule has 0 amide bonds. The van der Waals surface area contributed by atoms with Gasteiger partial charge < -0.3 is 15.8 Å². The van der Waals surface area contributed by atoms with Crippen LogP contribution in [-0.4, -0.2) is 24.9 Å². The maximum atomic E-state index is 5.86. The van der Waals surface area contributed by atoms with Crippen molar-refractivity contribution in [2.45, 2.75) is 20.0 Å². The van der Waals surface area contributed by atoms with Gasteiger partial charge in [0.15, 0.2) is 5.82 Å². The number of anilines is 3. The highest BCUT2D eigenvalue weighted by Gasteiger charge is 2.10. The largest absolute Gasteiger partial charge is 0.469 e. The number of rotatable bonds is 6. The number of nitrogens with zero attached hydrogens (tertiary/aromatic N) is 5. The third-order valence-corrected chi connectivity index (χ3v) is 4.19. The van der Waals surface area contributed by atoms with Gasteiger partial charge in [-0.2, -0.15) is 15.0 Å². The molecule has 0 aliphatic carbocycles. The summed E-state index contributed by atoms with van der Waals surface area (Å²) in [6.07, 6.45) is 2.36. The minimum absolute atomic E-state index is 0.109. The Kier molecular flexibility index (Phi) is 4.92. The smallest absolute Gasteiger partial charge is 0.232 e. The Hall–Kier alpha value is -3.81. The average molecular weight is 373 g/mol. The van der Waals surface area contributed by atoms with Crippen LogP contribution in [0, 0.1) is 0 Å². The number of ether oxygens (including phenoxy) is 1. The van der Waals surface area contributed by atoms with Gasteiger partial charge >= 0.3 is 0 Å². The van der Waals surface area contributed by atoms with Crippen molar-refractivity contribution >= 4 is 28.5 Å². The molecule has 4 rings (SSSR count). The highest BCUT2D eigenvalue weighted by Crippen LogP contribution is 2.22. The number of nitrogens with two attached hydrogens (primary N) is 1. The molecule has 0 aliphatic rings. The number of aromatic nitrogens is 5. The Morgan fingerprint density at radius 2 is 1.79 bits per heavy atom. The molecule has 2 aromatic carbocycles. The van der Waals surface area contributed by atoms with Crippen molar-refractivity contribution in [3.63, 3.8) is 0 Å². The molecular weight excluding hydrogens is 354 g/mol. The lowest BCUT2D eigenvalue weighted by atomic mass is 10.1. The van der Waals surface area contributed by atoms with E-state index in [0.29, 0.717) is 17.7 Å². The molecule has 28 heavy (non-hydrogen) atoms. The van der Waals surface area contributed by atoms with E-state index in [1.54, 1.807) is 0 Å². The van der Waals surface area contributed by atoms with Crippen LogP contribution in [0.1, 0.15) is 18.3 Å². The molecule has 8 nitrogen and oxygen atoms in total. The van der Waals surface area contributed by atoms with Gasteiger partial charge in [0, 0.05) is 5.69 Å². The number of benzene rings is 2. The topological polar surface area (TPSA) is 112 Å². The molecule has 0 radical (unpaired) electrons. The molecular formula is C20H19N7O. The fraction of sp³-hybridized carbons (Fsp3) is 0.150. The second-order valence-corrected chi connectivity index (χ2v) is 6.05. The molecule has 0 spiro atoms. The summed E-state index contributed by atoms with van der Waals surface area (Å²) in [6, 6.07) is 15.6. The summed E-state index contributed by atoms with van der Waals surface area (Å²) in [5.41, 5.74) is 8.76. The summed E-state index contributed by atoms with van der Waals surface area (Å²) in [4.78, 5) is 21.2. The first-order valence-corrected chi connectivity index (χ1v) is 8.91. The zero-order chi connectivity index (χ0) is 19.3. The summed E-state index contributed by atoms with van der Waals surface area (Å²) < 4.78 is 5.82. The number of hydrogen-bond donors (Lipinski definition) is 2. The van der Waals surface area contributed by atoms with Gasteiger partial charge in [0.2, 0.25) is 17.8 Å². The minimum Gasteiger partial charge on any atom is -0.469 e.